The second-order valence-corrected chi connectivity index (χ2v) is 6.22. The Labute approximate surface area is 153 Å². The van der Waals surface area contributed by atoms with Gasteiger partial charge in [-0.2, -0.15) is 13.2 Å². The SMILES string of the molecule is O=C(CCC(=O)c1cc2c(cc1O)OCCO2)C1=CCCC(C(F)(F)F)=C1. The van der Waals surface area contributed by atoms with Gasteiger partial charge in [-0.15, -0.1) is 0 Å². The first-order valence-corrected chi connectivity index (χ1v) is 8.42. The van der Waals surface area contributed by atoms with Crippen molar-refractivity contribution in [2.45, 2.75) is 31.9 Å². The van der Waals surface area contributed by atoms with Crippen molar-refractivity contribution in [2.75, 3.05) is 13.2 Å². The van der Waals surface area contributed by atoms with Gasteiger partial charge in [0.2, 0.25) is 0 Å². The average Bonchev–Trinajstić information content (AvgIpc) is 2.64. The Hall–Kier alpha value is -2.77. The molecule has 2 aliphatic rings. The van der Waals surface area contributed by atoms with E-state index in [4.69, 9.17) is 9.47 Å². The van der Waals surface area contributed by atoms with Gasteiger partial charge in [0.1, 0.15) is 19.0 Å². The van der Waals surface area contributed by atoms with Crippen molar-refractivity contribution in [1.29, 1.82) is 0 Å². The molecule has 1 aromatic carbocycles. The normalized spacial score (nSPS) is 16.4. The fourth-order valence-corrected chi connectivity index (χ4v) is 2.93. The Morgan fingerprint density at radius 2 is 1.67 bits per heavy atom. The molecule has 0 spiro atoms. The number of hydrogen-bond donors (Lipinski definition) is 1. The Bertz CT molecular complexity index is 836. The maximum atomic E-state index is 12.8. The third-order valence-corrected chi connectivity index (χ3v) is 4.33. The standard InChI is InChI=1S/C19H17F3O5/c20-19(21,22)12-3-1-2-11(8-12)14(23)4-5-15(24)13-9-17-18(10-16(13)25)27-7-6-26-17/h2,8-10,25H,1,3-7H2. The van der Waals surface area contributed by atoms with Crippen molar-refractivity contribution < 1.29 is 37.3 Å². The number of alkyl halides is 3. The van der Waals surface area contributed by atoms with Crippen LogP contribution in [0.2, 0.25) is 0 Å². The van der Waals surface area contributed by atoms with Gasteiger partial charge in [-0.05, 0) is 25.0 Å². The van der Waals surface area contributed by atoms with Crippen molar-refractivity contribution in [2.24, 2.45) is 0 Å². The smallest absolute Gasteiger partial charge is 0.412 e. The number of carbonyl (C=O) groups excluding carboxylic acids is 2. The molecule has 0 aromatic heterocycles. The molecule has 8 heteroatoms. The summed E-state index contributed by atoms with van der Waals surface area (Å²) in [5, 5.41) is 9.99. The number of halogens is 3. The molecule has 144 valence electrons. The van der Waals surface area contributed by atoms with E-state index in [-0.39, 0.29) is 42.6 Å². The van der Waals surface area contributed by atoms with Crippen molar-refractivity contribution in [3.63, 3.8) is 0 Å². The summed E-state index contributed by atoms with van der Waals surface area (Å²) in [5.74, 6) is -0.700. The summed E-state index contributed by atoms with van der Waals surface area (Å²) in [5.41, 5.74) is -0.798. The molecule has 0 saturated carbocycles. The van der Waals surface area contributed by atoms with Crippen LogP contribution in [0.4, 0.5) is 13.2 Å². The Balaban J connectivity index is 1.67. The number of aromatic hydroxyl groups is 1. The van der Waals surface area contributed by atoms with Gasteiger partial charge < -0.3 is 14.6 Å². The van der Waals surface area contributed by atoms with Gasteiger partial charge in [0.05, 0.1) is 5.56 Å². The van der Waals surface area contributed by atoms with Crippen LogP contribution < -0.4 is 9.47 Å². The highest BCUT2D eigenvalue weighted by Gasteiger charge is 2.34. The average molecular weight is 382 g/mol. The summed E-state index contributed by atoms with van der Waals surface area (Å²) in [6, 6.07) is 2.61. The number of ketones is 2. The number of benzene rings is 1. The predicted molar refractivity (Wildman–Crippen MR) is 89.1 cm³/mol. The van der Waals surface area contributed by atoms with Crippen LogP contribution in [0, 0.1) is 0 Å². The molecule has 1 aliphatic carbocycles. The van der Waals surface area contributed by atoms with Crippen LogP contribution in [0.5, 0.6) is 17.2 Å². The highest BCUT2D eigenvalue weighted by molar-refractivity contribution is 6.04. The van der Waals surface area contributed by atoms with Gasteiger partial charge in [-0.3, -0.25) is 9.59 Å². The Kier molecular flexibility index (Phi) is 5.25. The highest BCUT2D eigenvalue weighted by Crippen LogP contribution is 2.37. The lowest BCUT2D eigenvalue weighted by Gasteiger charge is -2.19. The minimum Gasteiger partial charge on any atom is -0.507 e. The first-order valence-electron chi connectivity index (χ1n) is 8.42. The summed E-state index contributed by atoms with van der Waals surface area (Å²) in [6.45, 7) is 0.642. The van der Waals surface area contributed by atoms with Crippen molar-refractivity contribution in [3.8, 4) is 17.2 Å². The van der Waals surface area contributed by atoms with Gasteiger partial charge in [-0.1, -0.05) is 6.08 Å². The van der Waals surface area contributed by atoms with Crippen LogP contribution in [-0.4, -0.2) is 36.1 Å². The number of fused-ring (bicyclic) bond motifs is 1. The lowest BCUT2D eigenvalue weighted by Crippen LogP contribution is -2.17. The van der Waals surface area contributed by atoms with E-state index < -0.39 is 23.3 Å². The summed E-state index contributed by atoms with van der Waals surface area (Å²) in [6.07, 6.45) is -2.69. The van der Waals surface area contributed by atoms with E-state index in [1.165, 1.54) is 18.2 Å². The number of rotatable bonds is 5. The van der Waals surface area contributed by atoms with E-state index in [1.54, 1.807) is 0 Å². The van der Waals surface area contributed by atoms with Gasteiger partial charge in [0.25, 0.3) is 0 Å². The second kappa shape index (κ2) is 7.46. The van der Waals surface area contributed by atoms with Crippen LogP contribution in [0.15, 0.2) is 35.4 Å². The van der Waals surface area contributed by atoms with Crippen molar-refractivity contribution in [3.05, 3.63) is 41.0 Å². The Morgan fingerprint density at radius 3 is 2.33 bits per heavy atom. The van der Waals surface area contributed by atoms with Crippen LogP contribution in [0.25, 0.3) is 0 Å². The largest absolute Gasteiger partial charge is 0.507 e. The number of phenols is 1. The minimum absolute atomic E-state index is 0.0174. The van der Waals surface area contributed by atoms with E-state index in [9.17, 15) is 27.9 Å². The zero-order valence-electron chi connectivity index (χ0n) is 14.3. The molecule has 5 nitrogen and oxygen atoms in total. The number of Topliss-reactive ketones (excluding diaryl/α,β-unsaturated/α-hetero) is 2. The molecule has 0 amide bonds. The topological polar surface area (TPSA) is 72.8 Å². The monoisotopic (exact) mass is 382 g/mol. The van der Waals surface area contributed by atoms with Crippen LogP contribution in [-0.2, 0) is 4.79 Å². The molecule has 0 radical (unpaired) electrons. The molecule has 1 heterocycles. The molecule has 1 N–H and O–H groups in total. The maximum Gasteiger partial charge on any atom is 0.412 e. The number of allylic oxidation sites excluding steroid dienone is 4. The van der Waals surface area contributed by atoms with Crippen LogP contribution in [0.1, 0.15) is 36.0 Å². The lowest BCUT2D eigenvalue weighted by molar-refractivity contribution is -0.115. The predicted octanol–water partition coefficient (Wildman–Crippen LogP) is 3.90. The minimum atomic E-state index is -4.47. The fraction of sp³-hybridized carbons (Fsp3) is 0.368. The number of carbonyl (C=O) groups is 2. The maximum absolute atomic E-state index is 12.8. The van der Waals surface area contributed by atoms with Crippen LogP contribution >= 0.6 is 0 Å². The third kappa shape index (κ3) is 4.32. The number of ether oxygens (including phenoxy) is 2. The third-order valence-electron chi connectivity index (χ3n) is 4.33. The Morgan fingerprint density at radius 1 is 1.04 bits per heavy atom. The van der Waals surface area contributed by atoms with E-state index in [0.717, 1.165) is 6.08 Å². The molecular weight excluding hydrogens is 365 g/mol. The van der Waals surface area contributed by atoms with Crippen molar-refractivity contribution >= 4 is 11.6 Å². The van der Waals surface area contributed by atoms with Crippen molar-refractivity contribution in [1.82, 2.24) is 0 Å². The highest BCUT2D eigenvalue weighted by atomic mass is 19.4. The molecule has 0 fully saturated rings. The van der Waals surface area contributed by atoms with Gasteiger partial charge in [0.15, 0.2) is 23.1 Å². The molecule has 1 aromatic rings. The summed E-state index contributed by atoms with van der Waals surface area (Å²) in [7, 11) is 0. The van der Waals surface area contributed by atoms with E-state index in [2.05, 4.69) is 0 Å². The quantitative estimate of drug-likeness (QED) is 0.782. The van der Waals surface area contributed by atoms with E-state index in [1.807, 2.05) is 0 Å². The zero-order valence-corrected chi connectivity index (χ0v) is 14.3. The lowest BCUT2D eigenvalue weighted by atomic mass is 9.93. The molecule has 0 atom stereocenters. The van der Waals surface area contributed by atoms with E-state index >= 15 is 0 Å². The fourth-order valence-electron chi connectivity index (χ4n) is 2.93. The molecule has 0 bridgehead atoms. The first-order chi connectivity index (χ1) is 12.8. The molecule has 27 heavy (non-hydrogen) atoms. The molecule has 3 rings (SSSR count). The number of hydrogen-bond acceptors (Lipinski definition) is 5. The van der Waals surface area contributed by atoms with E-state index in [0.29, 0.717) is 24.7 Å². The zero-order chi connectivity index (χ0) is 19.6. The molecule has 0 unspecified atom stereocenters. The molecular formula is C19H17F3O5. The summed E-state index contributed by atoms with van der Waals surface area (Å²) in [4.78, 5) is 24.5. The van der Waals surface area contributed by atoms with Crippen LogP contribution in [0.3, 0.4) is 0 Å². The molecule has 1 aliphatic heterocycles. The van der Waals surface area contributed by atoms with Gasteiger partial charge in [0, 0.05) is 30.1 Å². The summed E-state index contributed by atoms with van der Waals surface area (Å²) < 4.78 is 49.0. The summed E-state index contributed by atoms with van der Waals surface area (Å²) >= 11 is 0. The first kappa shape index (κ1) is 19.0. The number of phenolic OH excluding ortho intramolecular Hbond substituents is 1. The van der Waals surface area contributed by atoms with Gasteiger partial charge >= 0.3 is 6.18 Å². The molecule has 0 saturated heterocycles. The second-order valence-electron chi connectivity index (χ2n) is 6.22. The van der Waals surface area contributed by atoms with Gasteiger partial charge in [-0.25, -0.2) is 0 Å².